The predicted molar refractivity (Wildman–Crippen MR) is 60.4 cm³/mol. The molecule has 0 spiro atoms. The van der Waals surface area contributed by atoms with Crippen molar-refractivity contribution in [2.45, 2.75) is 18.4 Å². The van der Waals surface area contributed by atoms with Crippen LogP contribution in [0.1, 0.15) is 17.9 Å². The van der Waals surface area contributed by atoms with E-state index < -0.39 is 0 Å². The van der Waals surface area contributed by atoms with Crippen molar-refractivity contribution in [1.29, 1.82) is 0 Å². The molecule has 0 amide bonds. The van der Waals surface area contributed by atoms with Gasteiger partial charge in [-0.2, -0.15) is 0 Å². The van der Waals surface area contributed by atoms with E-state index in [2.05, 4.69) is 33.4 Å². The van der Waals surface area contributed by atoms with Crippen molar-refractivity contribution in [3.8, 4) is 0 Å². The van der Waals surface area contributed by atoms with Gasteiger partial charge < -0.3 is 10.4 Å². The zero-order valence-electron chi connectivity index (χ0n) is 7.91. The van der Waals surface area contributed by atoms with Crippen LogP contribution in [-0.2, 0) is 0 Å². The summed E-state index contributed by atoms with van der Waals surface area (Å²) in [6.45, 7) is 1.21. The number of halogens is 1. The van der Waals surface area contributed by atoms with Crippen LogP contribution >= 0.6 is 15.9 Å². The quantitative estimate of drug-likeness (QED) is 0.846. The largest absolute Gasteiger partial charge is 0.395 e. The summed E-state index contributed by atoms with van der Waals surface area (Å²) in [4.78, 5) is 0. The fourth-order valence-corrected chi connectivity index (χ4v) is 2.69. The van der Waals surface area contributed by atoms with E-state index in [1.165, 1.54) is 5.56 Å². The van der Waals surface area contributed by atoms with E-state index in [-0.39, 0.29) is 12.6 Å². The van der Waals surface area contributed by atoms with Gasteiger partial charge >= 0.3 is 0 Å². The minimum absolute atomic E-state index is 0.214. The highest BCUT2D eigenvalue weighted by Crippen LogP contribution is 2.32. The zero-order chi connectivity index (χ0) is 9.97. The molecule has 0 radical (unpaired) electrons. The smallest absolute Gasteiger partial charge is 0.0590 e. The number of rotatable bonds is 2. The monoisotopic (exact) mass is 255 g/mol. The molecular formula is C11H14BrNO. The van der Waals surface area contributed by atoms with Gasteiger partial charge in [0.05, 0.1) is 6.61 Å². The van der Waals surface area contributed by atoms with Gasteiger partial charge in [-0.15, -0.1) is 0 Å². The Morgan fingerprint density at radius 3 is 2.93 bits per heavy atom. The lowest BCUT2D eigenvalue weighted by Crippen LogP contribution is -2.29. The van der Waals surface area contributed by atoms with Crippen molar-refractivity contribution in [2.24, 2.45) is 0 Å². The van der Waals surface area contributed by atoms with Crippen LogP contribution in [0.15, 0.2) is 28.7 Å². The Hall–Kier alpha value is -0.380. The molecule has 1 heterocycles. The first-order chi connectivity index (χ1) is 6.83. The summed E-state index contributed by atoms with van der Waals surface area (Å²) in [6, 6.07) is 8.47. The van der Waals surface area contributed by atoms with Crippen LogP contribution in [-0.4, -0.2) is 24.3 Å². The Morgan fingerprint density at radius 2 is 2.21 bits per heavy atom. The molecule has 1 fully saturated rings. The molecule has 14 heavy (non-hydrogen) atoms. The Kier molecular flexibility index (Phi) is 3.21. The number of aliphatic hydroxyl groups is 1. The van der Waals surface area contributed by atoms with E-state index >= 15 is 0 Å². The number of hydrogen-bond donors (Lipinski definition) is 2. The summed E-state index contributed by atoms with van der Waals surface area (Å²) in [6.07, 6.45) is 1.10. The lowest BCUT2D eigenvalue weighted by molar-refractivity contribution is 0.245. The first-order valence-electron chi connectivity index (χ1n) is 4.91. The summed E-state index contributed by atoms with van der Waals surface area (Å²) < 4.78 is 1.15. The Balaban J connectivity index is 2.26. The van der Waals surface area contributed by atoms with Crippen molar-refractivity contribution in [2.75, 3.05) is 13.2 Å². The second-order valence-electron chi connectivity index (χ2n) is 3.66. The predicted octanol–water partition coefficient (Wildman–Crippen LogP) is 1.89. The molecular weight excluding hydrogens is 242 g/mol. The highest BCUT2D eigenvalue weighted by molar-refractivity contribution is 9.10. The number of aliphatic hydroxyl groups excluding tert-OH is 1. The van der Waals surface area contributed by atoms with Gasteiger partial charge in [0.15, 0.2) is 0 Å². The molecule has 0 unspecified atom stereocenters. The molecule has 2 nitrogen and oxygen atoms in total. The van der Waals surface area contributed by atoms with E-state index in [0.29, 0.717) is 5.92 Å². The van der Waals surface area contributed by atoms with Crippen molar-refractivity contribution in [1.82, 2.24) is 5.32 Å². The van der Waals surface area contributed by atoms with Gasteiger partial charge in [0.2, 0.25) is 0 Å². The molecule has 2 atom stereocenters. The van der Waals surface area contributed by atoms with Crippen LogP contribution in [0, 0.1) is 0 Å². The molecule has 76 valence electrons. The molecule has 1 aliphatic rings. The minimum Gasteiger partial charge on any atom is -0.395 e. The number of nitrogens with one attached hydrogen (secondary N) is 1. The average molecular weight is 256 g/mol. The Bertz CT molecular complexity index is 316. The minimum atomic E-state index is 0.214. The third kappa shape index (κ3) is 1.85. The second kappa shape index (κ2) is 4.43. The molecule has 1 aliphatic heterocycles. The first kappa shape index (κ1) is 10.1. The van der Waals surface area contributed by atoms with Crippen molar-refractivity contribution >= 4 is 15.9 Å². The van der Waals surface area contributed by atoms with Gasteiger partial charge in [-0.1, -0.05) is 34.1 Å². The Labute approximate surface area is 92.5 Å². The molecule has 2 N–H and O–H groups in total. The fourth-order valence-electron chi connectivity index (χ4n) is 2.11. The van der Waals surface area contributed by atoms with Gasteiger partial charge in [0.1, 0.15) is 0 Å². The van der Waals surface area contributed by atoms with E-state index in [9.17, 15) is 5.11 Å². The standard InChI is InChI=1S/C11H14BrNO/c12-10-4-2-1-3-8(10)9-5-6-13-11(9)7-14/h1-4,9,11,13-14H,5-7H2/t9-,11-/m0/s1. The molecule has 1 aromatic rings. The summed E-state index contributed by atoms with van der Waals surface area (Å²) in [5, 5.41) is 12.5. The van der Waals surface area contributed by atoms with Crippen LogP contribution in [0.5, 0.6) is 0 Å². The van der Waals surface area contributed by atoms with Gasteiger partial charge in [-0.3, -0.25) is 0 Å². The first-order valence-corrected chi connectivity index (χ1v) is 5.71. The molecule has 0 saturated carbocycles. The molecule has 0 aliphatic carbocycles. The molecule has 3 heteroatoms. The summed E-state index contributed by atoms with van der Waals surface area (Å²) in [5.74, 6) is 0.440. The third-order valence-corrected chi connectivity index (χ3v) is 3.57. The summed E-state index contributed by atoms with van der Waals surface area (Å²) >= 11 is 3.55. The van der Waals surface area contributed by atoms with Gasteiger partial charge in [-0.25, -0.2) is 0 Å². The van der Waals surface area contributed by atoms with Crippen LogP contribution in [0.3, 0.4) is 0 Å². The fraction of sp³-hybridized carbons (Fsp3) is 0.455. The average Bonchev–Trinajstić information content (AvgIpc) is 2.66. The SMILES string of the molecule is OC[C@@H]1NCC[C@H]1c1ccccc1Br. The van der Waals surface area contributed by atoms with Gasteiger partial charge in [0, 0.05) is 16.4 Å². The second-order valence-corrected chi connectivity index (χ2v) is 4.51. The van der Waals surface area contributed by atoms with E-state index in [0.717, 1.165) is 17.4 Å². The molecule has 2 rings (SSSR count). The topological polar surface area (TPSA) is 32.3 Å². The van der Waals surface area contributed by atoms with Crippen molar-refractivity contribution < 1.29 is 5.11 Å². The zero-order valence-corrected chi connectivity index (χ0v) is 9.50. The number of hydrogen-bond acceptors (Lipinski definition) is 2. The van der Waals surface area contributed by atoms with Crippen molar-refractivity contribution in [3.05, 3.63) is 34.3 Å². The van der Waals surface area contributed by atoms with Crippen LogP contribution < -0.4 is 5.32 Å². The van der Waals surface area contributed by atoms with Crippen molar-refractivity contribution in [3.63, 3.8) is 0 Å². The highest BCUT2D eigenvalue weighted by atomic mass is 79.9. The van der Waals surface area contributed by atoms with E-state index in [1.807, 2.05) is 12.1 Å². The lowest BCUT2D eigenvalue weighted by Gasteiger charge is -2.18. The maximum absolute atomic E-state index is 9.21. The third-order valence-electron chi connectivity index (χ3n) is 2.85. The van der Waals surface area contributed by atoms with E-state index in [1.54, 1.807) is 0 Å². The number of benzene rings is 1. The summed E-state index contributed by atoms with van der Waals surface area (Å²) in [7, 11) is 0. The molecule has 1 saturated heterocycles. The van der Waals surface area contributed by atoms with Crippen LogP contribution in [0.25, 0.3) is 0 Å². The lowest BCUT2D eigenvalue weighted by atomic mass is 9.92. The highest BCUT2D eigenvalue weighted by Gasteiger charge is 2.28. The molecule has 1 aromatic carbocycles. The normalized spacial score (nSPS) is 26.7. The maximum atomic E-state index is 9.21. The van der Waals surface area contributed by atoms with Crippen LogP contribution in [0.2, 0.25) is 0 Å². The molecule has 0 bridgehead atoms. The van der Waals surface area contributed by atoms with E-state index in [4.69, 9.17) is 0 Å². The van der Waals surface area contributed by atoms with Crippen LogP contribution in [0.4, 0.5) is 0 Å². The molecule has 0 aromatic heterocycles. The Morgan fingerprint density at radius 1 is 1.43 bits per heavy atom. The van der Waals surface area contributed by atoms with Gasteiger partial charge in [-0.05, 0) is 24.6 Å². The maximum Gasteiger partial charge on any atom is 0.0590 e. The summed E-state index contributed by atoms with van der Waals surface area (Å²) in [5.41, 5.74) is 1.30. The van der Waals surface area contributed by atoms with Gasteiger partial charge in [0.25, 0.3) is 0 Å².